The van der Waals surface area contributed by atoms with Gasteiger partial charge in [-0.15, -0.1) is 0 Å². The van der Waals surface area contributed by atoms with Crippen LogP contribution in [0.4, 0.5) is 0 Å². The van der Waals surface area contributed by atoms with Crippen molar-refractivity contribution in [1.29, 1.82) is 0 Å². The number of hydrogen-bond donors (Lipinski definition) is 0. The lowest BCUT2D eigenvalue weighted by Crippen LogP contribution is -2.38. The lowest BCUT2D eigenvalue weighted by atomic mass is 10.1. The molecule has 0 N–H and O–H groups in total. The molecular weight excluding hydrogens is 224 g/mol. The first-order chi connectivity index (χ1) is 8.83. The fourth-order valence-corrected chi connectivity index (χ4v) is 2.41. The summed E-state index contributed by atoms with van der Waals surface area (Å²) in [6.45, 7) is 2.45. The average Bonchev–Trinajstić information content (AvgIpc) is 2.87. The van der Waals surface area contributed by atoms with E-state index in [0.29, 0.717) is 6.42 Å². The summed E-state index contributed by atoms with van der Waals surface area (Å²) in [7, 11) is 0. The van der Waals surface area contributed by atoms with Gasteiger partial charge in [0.25, 0.3) is 0 Å². The number of carbonyl (C=O) groups is 1. The van der Waals surface area contributed by atoms with Crippen LogP contribution in [0.5, 0.6) is 0 Å². The largest absolute Gasteiger partial charge is 0.348 e. The molecule has 0 spiro atoms. The molecular formula is C15H16N2O. The van der Waals surface area contributed by atoms with Crippen molar-refractivity contribution in [3.8, 4) is 0 Å². The van der Waals surface area contributed by atoms with E-state index in [-0.39, 0.29) is 5.91 Å². The Kier molecular flexibility index (Phi) is 2.89. The Labute approximate surface area is 107 Å². The predicted molar refractivity (Wildman–Crippen MR) is 70.0 cm³/mol. The maximum Gasteiger partial charge on any atom is 0.227 e. The summed E-state index contributed by atoms with van der Waals surface area (Å²) in [6, 6.07) is 14.1. The molecule has 0 bridgehead atoms. The lowest BCUT2D eigenvalue weighted by Gasteiger charge is -2.28. The van der Waals surface area contributed by atoms with Crippen molar-refractivity contribution in [2.24, 2.45) is 0 Å². The van der Waals surface area contributed by atoms with E-state index in [1.807, 2.05) is 41.3 Å². The zero-order valence-corrected chi connectivity index (χ0v) is 10.2. The number of amides is 1. The minimum absolute atomic E-state index is 0.216. The van der Waals surface area contributed by atoms with Gasteiger partial charge in [-0.05, 0) is 17.7 Å². The molecule has 0 aliphatic carbocycles. The van der Waals surface area contributed by atoms with E-state index in [1.165, 1.54) is 5.69 Å². The van der Waals surface area contributed by atoms with E-state index in [4.69, 9.17) is 0 Å². The van der Waals surface area contributed by atoms with Crippen LogP contribution in [-0.4, -0.2) is 21.9 Å². The van der Waals surface area contributed by atoms with Crippen LogP contribution in [0.1, 0.15) is 11.3 Å². The molecule has 3 rings (SSSR count). The summed E-state index contributed by atoms with van der Waals surface area (Å²) in [5, 5.41) is 0. The molecule has 0 fully saturated rings. The van der Waals surface area contributed by atoms with Gasteiger partial charge in [0.15, 0.2) is 0 Å². The number of nitrogens with zero attached hydrogens (tertiary/aromatic N) is 2. The second-order valence-corrected chi connectivity index (χ2v) is 4.67. The molecule has 2 heterocycles. The predicted octanol–water partition coefficient (Wildman–Crippen LogP) is 2.07. The summed E-state index contributed by atoms with van der Waals surface area (Å²) in [5.74, 6) is 0.216. The highest BCUT2D eigenvalue weighted by Gasteiger charge is 2.19. The molecule has 2 aromatic rings. The van der Waals surface area contributed by atoms with Crippen LogP contribution in [0.3, 0.4) is 0 Å². The van der Waals surface area contributed by atoms with Gasteiger partial charge in [0.2, 0.25) is 5.91 Å². The Morgan fingerprint density at radius 3 is 2.72 bits per heavy atom. The second kappa shape index (κ2) is 4.69. The SMILES string of the molecule is O=C(Cc1ccccc1)N1CCn2cccc2C1. The summed E-state index contributed by atoms with van der Waals surface area (Å²) in [4.78, 5) is 14.2. The first-order valence-corrected chi connectivity index (χ1v) is 6.28. The molecule has 0 radical (unpaired) electrons. The molecule has 92 valence electrons. The Bertz CT molecular complexity index is 545. The van der Waals surface area contributed by atoms with Crippen molar-refractivity contribution in [2.45, 2.75) is 19.5 Å². The summed E-state index contributed by atoms with van der Waals surface area (Å²) < 4.78 is 2.21. The van der Waals surface area contributed by atoms with Crippen molar-refractivity contribution in [1.82, 2.24) is 9.47 Å². The third-order valence-electron chi connectivity index (χ3n) is 3.44. The van der Waals surface area contributed by atoms with E-state index in [1.54, 1.807) is 0 Å². The van der Waals surface area contributed by atoms with Crippen LogP contribution in [0.15, 0.2) is 48.7 Å². The van der Waals surface area contributed by atoms with Gasteiger partial charge >= 0.3 is 0 Å². The highest BCUT2D eigenvalue weighted by atomic mass is 16.2. The molecule has 0 saturated carbocycles. The highest BCUT2D eigenvalue weighted by molar-refractivity contribution is 5.78. The first-order valence-electron chi connectivity index (χ1n) is 6.28. The van der Waals surface area contributed by atoms with Crippen molar-refractivity contribution in [2.75, 3.05) is 6.54 Å². The normalized spacial score (nSPS) is 14.3. The Morgan fingerprint density at radius 2 is 1.89 bits per heavy atom. The third kappa shape index (κ3) is 2.16. The minimum atomic E-state index is 0.216. The third-order valence-corrected chi connectivity index (χ3v) is 3.44. The molecule has 1 aliphatic heterocycles. The average molecular weight is 240 g/mol. The molecule has 0 unspecified atom stereocenters. The van der Waals surface area contributed by atoms with Crippen LogP contribution in [0.25, 0.3) is 0 Å². The van der Waals surface area contributed by atoms with Gasteiger partial charge in [-0.1, -0.05) is 30.3 Å². The van der Waals surface area contributed by atoms with E-state index >= 15 is 0 Å². The molecule has 18 heavy (non-hydrogen) atoms. The van der Waals surface area contributed by atoms with Crippen LogP contribution in [-0.2, 0) is 24.3 Å². The summed E-state index contributed by atoms with van der Waals surface area (Å²) in [5.41, 5.74) is 2.31. The van der Waals surface area contributed by atoms with Gasteiger partial charge in [0.1, 0.15) is 0 Å². The lowest BCUT2D eigenvalue weighted by molar-refractivity contribution is -0.131. The van der Waals surface area contributed by atoms with Crippen LogP contribution >= 0.6 is 0 Å². The monoisotopic (exact) mass is 240 g/mol. The second-order valence-electron chi connectivity index (χ2n) is 4.67. The number of hydrogen-bond acceptors (Lipinski definition) is 1. The molecule has 3 nitrogen and oxygen atoms in total. The van der Waals surface area contributed by atoms with E-state index in [2.05, 4.69) is 16.8 Å². The van der Waals surface area contributed by atoms with E-state index < -0.39 is 0 Å². The fourth-order valence-electron chi connectivity index (χ4n) is 2.41. The van der Waals surface area contributed by atoms with Crippen molar-refractivity contribution >= 4 is 5.91 Å². The van der Waals surface area contributed by atoms with E-state index in [9.17, 15) is 4.79 Å². The van der Waals surface area contributed by atoms with Gasteiger partial charge in [-0.2, -0.15) is 0 Å². The van der Waals surface area contributed by atoms with Crippen molar-refractivity contribution in [3.05, 3.63) is 59.9 Å². The fraction of sp³-hybridized carbons (Fsp3) is 0.267. The number of benzene rings is 1. The van der Waals surface area contributed by atoms with E-state index in [0.717, 1.165) is 25.2 Å². The van der Waals surface area contributed by atoms with Crippen LogP contribution < -0.4 is 0 Å². The molecule has 1 aliphatic rings. The quantitative estimate of drug-likeness (QED) is 0.789. The van der Waals surface area contributed by atoms with Gasteiger partial charge in [0.05, 0.1) is 13.0 Å². The molecule has 1 amide bonds. The summed E-state index contributed by atoms with van der Waals surface area (Å²) >= 11 is 0. The minimum Gasteiger partial charge on any atom is -0.348 e. The zero-order chi connectivity index (χ0) is 12.4. The van der Waals surface area contributed by atoms with Gasteiger partial charge < -0.3 is 9.47 Å². The number of rotatable bonds is 2. The Balaban J connectivity index is 1.68. The molecule has 3 heteroatoms. The zero-order valence-electron chi connectivity index (χ0n) is 10.2. The molecule has 0 atom stereocenters. The highest BCUT2D eigenvalue weighted by Crippen LogP contribution is 2.14. The van der Waals surface area contributed by atoms with Gasteiger partial charge in [0, 0.05) is 25.0 Å². The molecule has 1 aromatic carbocycles. The number of carbonyl (C=O) groups excluding carboxylic acids is 1. The molecule has 0 saturated heterocycles. The number of aromatic nitrogens is 1. The number of fused-ring (bicyclic) bond motifs is 1. The Morgan fingerprint density at radius 1 is 1.06 bits per heavy atom. The maximum absolute atomic E-state index is 12.2. The standard InChI is InChI=1S/C15H16N2O/c18-15(11-13-5-2-1-3-6-13)17-10-9-16-8-4-7-14(16)12-17/h1-8H,9-12H2. The first kappa shape index (κ1) is 11.1. The van der Waals surface area contributed by atoms with Crippen molar-refractivity contribution < 1.29 is 4.79 Å². The van der Waals surface area contributed by atoms with Crippen molar-refractivity contribution in [3.63, 3.8) is 0 Å². The molecule has 1 aromatic heterocycles. The maximum atomic E-state index is 12.2. The topological polar surface area (TPSA) is 25.2 Å². The smallest absolute Gasteiger partial charge is 0.227 e. The Hall–Kier alpha value is -2.03. The van der Waals surface area contributed by atoms with Gasteiger partial charge in [-0.25, -0.2) is 0 Å². The van der Waals surface area contributed by atoms with Gasteiger partial charge in [-0.3, -0.25) is 4.79 Å². The summed E-state index contributed by atoms with van der Waals surface area (Å²) in [6.07, 6.45) is 2.58. The van der Waals surface area contributed by atoms with Crippen LogP contribution in [0, 0.1) is 0 Å². The van der Waals surface area contributed by atoms with Crippen LogP contribution in [0.2, 0.25) is 0 Å².